The van der Waals surface area contributed by atoms with Crippen molar-refractivity contribution >= 4 is 11.6 Å². The van der Waals surface area contributed by atoms with Crippen LogP contribution in [0.1, 0.15) is 57.4 Å². The van der Waals surface area contributed by atoms with Crippen molar-refractivity contribution in [2.24, 2.45) is 5.92 Å². The molecule has 0 radical (unpaired) electrons. The van der Waals surface area contributed by atoms with Crippen LogP contribution in [0.3, 0.4) is 0 Å². The molecule has 1 fully saturated rings. The van der Waals surface area contributed by atoms with Crippen molar-refractivity contribution in [2.45, 2.75) is 64.3 Å². The highest BCUT2D eigenvalue weighted by molar-refractivity contribution is 5.76. The summed E-state index contributed by atoms with van der Waals surface area (Å²) < 4.78 is 0. The van der Waals surface area contributed by atoms with Gasteiger partial charge < -0.3 is 11.1 Å². The van der Waals surface area contributed by atoms with E-state index < -0.39 is 0 Å². The Balaban J connectivity index is 1.67. The van der Waals surface area contributed by atoms with Crippen LogP contribution in [0.25, 0.3) is 0 Å². The molecule has 21 heavy (non-hydrogen) atoms. The fourth-order valence-corrected chi connectivity index (χ4v) is 3.25. The van der Waals surface area contributed by atoms with Gasteiger partial charge in [0.05, 0.1) is 0 Å². The van der Waals surface area contributed by atoms with Gasteiger partial charge in [0.25, 0.3) is 0 Å². The van der Waals surface area contributed by atoms with Crippen molar-refractivity contribution < 1.29 is 4.79 Å². The molecule has 0 bridgehead atoms. The lowest BCUT2D eigenvalue weighted by Gasteiger charge is -2.29. The molecule has 0 saturated heterocycles. The van der Waals surface area contributed by atoms with Crippen LogP contribution in [0.2, 0.25) is 0 Å². The summed E-state index contributed by atoms with van der Waals surface area (Å²) in [6, 6.07) is 8.18. The number of aryl methyl sites for hydroxylation is 1. The molecule has 2 rings (SSSR count). The van der Waals surface area contributed by atoms with E-state index in [0.29, 0.717) is 12.5 Å². The Morgan fingerprint density at radius 3 is 2.48 bits per heavy atom. The maximum Gasteiger partial charge on any atom is 0.220 e. The monoisotopic (exact) mass is 288 g/mol. The average Bonchev–Trinajstić information content (AvgIpc) is 2.49. The molecule has 3 nitrogen and oxygen atoms in total. The predicted molar refractivity (Wildman–Crippen MR) is 88.0 cm³/mol. The summed E-state index contributed by atoms with van der Waals surface area (Å²) in [5, 5.41) is 3.20. The number of benzene rings is 1. The van der Waals surface area contributed by atoms with E-state index in [1.165, 1.54) is 31.2 Å². The molecule has 0 aromatic heterocycles. The number of nitrogen functional groups attached to an aromatic ring is 1. The van der Waals surface area contributed by atoms with Crippen molar-refractivity contribution in [1.29, 1.82) is 0 Å². The number of nitrogens with one attached hydrogen (secondary N) is 1. The summed E-state index contributed by atoms with van der Waals surface area (Å²) in [5.74, 6) is 1.07. The van der Waals surface area contributed by atoms with Gasteiger partial charge in [-0.05, 0) is 55.7 Å². The van der Waals surface area contributed by atoms with Gasteiger partial charge >= 0.3 is 0 Å². The van der Waals surface area contributed by atoms with Gasteiger partial charge in [-0.15, -0.1) is 0 Å². The van der Waals surface area contributed by atoms with Crippen LogP contribution in [0.15, 0.2) is 24.3 Å². The Morgan fingerprint density at radius 2 is 1.86 bits per heavy atom. The van der Waals surface area contributed by atoms with E-state index >= 15 is 0 Å². The van der Waals surface area contributed by atoms with Gasteiger partial charge in [-0.1, -0.05) is 31.9 Å². The summed E-state index contributed by atoms with van der Waals surface area (Å²) >= 11 is 0. The van der Waals surface area contributed by atoms with Crippen LogP contribution < -0.4 is 11.1 Å². The molecule has 3 N–H and O–H groups in total. The summed E-state index contributed by atoms with van der Waals surface area (Å²) in [6.07, 6.45) is 8.83. The van der Waals surface area contributed by atoms with Crippen LogP contribution in [0.4, 0.5) is 5.69 Å². The van der Waals surface area contributed by atoms with Crippen LogP contribution >= 0.6 is 0 Å². The molecule has 0 spiro atoms. The highest BCUT2D eigenvalue weighted by Crippen LogP contribution is 2.27. The lowest BCUT2D eigenvalue weighted by atomic mass is 9.83. The van der Waals surface area contributed by atoms with Gasteiger partial charge in [0.1, 0.15) is 0 Å². The van der Waals surface area contributed by atoms with Crippen molar-refractivity contribution in [3.8, 4) is 0 Å². The van der Waals surface area contributed by atoms with E-state index in [1.54, 1.807) is 0 Å². The Hall–Kier alpha value is -1.51. The summed E-state index contributed by atoms with van der Waals surface area (Å²) in [6.45, 7) is 2.26. The smallest absolute Gasteiger partial charge is 0.220 e. The lowest BCUT2D eigenvalue weighted by molar-refractivity contribution is -0.122. The zero-order chi connectivity index (χ0) is 15.1. The molecule has 0 unspecified atom stereocenters. The van der Waals surface area contributed by atoms with Gasteiger partial charge in [-0.3, -0.25) is 4.79 Å². The third-order valence-electron chi connectivity index (χ3n) is 4.53. The van der Waals surface area contributed by atoms with Crippen LogP contribution in [-0.2, 0) is 11.2 Å². The number of anilines is 1. The third-order valence-corrected chi connectivity index (χ3v) is 4.53. The molecule has 116 valence electrons. The van der Waals surface area contributed by atoms with E-state index in [-0.39, 0.29) is 5.91 Å². The minimum atomic E-state index is 0.186. The maximum atomic E-state index is 12.0. The molecule has 1 aliphatic carbocycles. The van der Waals surface area contributed by atoms with Crippen molar-refractivity contribution in [2.75, 3.05) is 5.73 Å². The second-order valence-electron chi connectivity index (χ2n) is 6.32. The minimum Gasteiger partial charge on any atom is -0.399 e. The minimum absolute atomic E-state index is 0.186. The van der Waals surface area contributed by atoms with E-state index in [0.717, 1.165) is 30.9 Å². The molecular formula is C18H28N2O. The maximum absolute atomic E-state index is 12.0. The van der Waals surface area contributed by atoms with Gasteiger partial charge in [-0.2, -0.15) is 0 Å². The number of hydrogen-bond donors (Lipinski definition) is 2. The Kier molecular flexibility index (Phi) is 6.09. The van der Waals surface area contributed by atoms with E-state index in [1.807, 2.05) is 24.3 Å². The third kappa shape index (κ3) is 5.41. The standard InChI is InChI=1S/C18H28N2O/c1-2-3-14-6-11-17(12-7-14)20-18(21)13-8-15-4-9-16(19)10-5-15/h4-5,9-10,14,17H,2-3,6-8,11-13,19H2,1H3,(H,20,21). The van der Waals surface area contributed by atoms with E-state index in [2.05, 4.69) is 12.2 Å². The van der Waals surface area contributed by atoms with Crippen LogP contribution in [-0.4, -0.2) is 11.9 Å². The zero-order valence-electron chi connectivity index (χ0n) is 13.1. The molecular weight excluding hydrogens is 260 g/mol. The molecule has 0 heterocycles. The van der Waals surface area contributed by atoms with Crippen molar-refractivity contribution in [1.82, 2.24) is 5.32 Å². The normalized spacial score (nSPS) is 22.0. The predicted octanol–water partition coefficient (Wildman–Crippen LogP) is 3.68. The molecule has 1 aromatic rings. The number of hydrogen-bond acceptors (Lipinski definition) is 2. The van der Waals surface area contributed by atoms with Gasteiger partial charge in [0.15, 0.2) is 0 Å². The first-order chi connectivity index (χ1) is 10.2. The number of amides is 1. The Bertz CT molecular complexity index is 433. The molecule has 1 aliphatic rings. The quantitative estimate of drug-likeness (QED) is 0.785. The zero-order valence-corrected chi connectivity index (χ0v) is 13.1. The molecule has 1 saturated carbocycles. The SMILES string of the molecule is CCCC1CCC(NC(=O)CCc2ccc(N)cc2)CC1. The number of nitrogens with two attached hydrogens (primary N) is 1. The average molecular weight is 288 g/mol. The summed E-state index contributed by atoms with van der Waals surface area (Å²) in [7, 11) is 0. The fourth-order valence-electron chi connectivity index (χ4n) is 3.25. The van der Waals surface area contributed by atoms with Crippen molar-refractivity contribution in [3.63, 3.8) is 0 Å². The van der Waals surface area contributed by atoms with E-state index in [9.17, 15) is 4.79 Å². The number of carbonyl (C=O) groups is 1. The summed E-state index contributed by atoms with van der Waals surface area (Å²) in [5.41, 5.74) is 7.60. The van der Waals surface area contributed by atoms with Gasteiger partial charge in [0.2, 0.25) is 5.91 Å². The Labute approximate surface area is 128 Å². The molecule has 1 amide bonds. The fraction of sp³-hybridized carbons (Fsp3) is 0.611. The van der Waals surface area contributed by atoms with Gasteiger partial charge in [0, 0.05) is 18.2 Å². The van der Waals surface area contributed by atoms with E-state index in [4.69, 9.17) is 5.73 Å². The summed E-state index contributed by atoms with van der Waals surface area (Å²) in [4.78, 5) is 12.0. The number of carbonyl (C=O) groups excluding carboxylic acids is 1. The molecule has 0 aliphatic heterocycles. The van der Waals surface area contributed by atoms with Crippen molar-refractivity contribution in [3.05, 3.63) is 29.8 Å². The van der Waals surface area contributed by atoms with Crippen LogP contribution in [0.5, 0.6) is 0 Å². The molecule has 3 heteroatoms. The second-order valence-corrected chi connectivity index (χ2v) is 6.32. The largest absolute Gasteiger partial charge is 0.399 e. The topological polar surface area (TPSA) is 55.1 Å². The first kappa shape index (κ1) is 15.9. The second kappa shape index (κ2) is 8.06. The highest BCUT2D eigenvalue weighted by Gasteiger charge is 2.21. The van der Waals surface area contributed by atoms with Gasteiger partial charge in [-0.25, -0.2) is 0 Å². The first-order valence-corrected chi connectivity index (χ1v) is 8.31. The number of rotatable bonds is 6. The van der Waals surface area contributed by atoms with Crippen LogP contribution in [0, 0.1) is 5.92 Å². The first-order valence-electron chi connectivity index (χ1n) is 8.31. The molecule has 0 atom stereocenters. The molecule has 1 aromatic carbocycles. The highest BCUT2D eigenvalue weighted by atomic mass is 16.1. The Morgan fingerprint density at radius 1 is 1.19 bits per heavy atom. The lowest BCUT2D eigenvalue weighted by Crippen LogP contribution is -2.37.